The highest BCUT2D eigenvalue weighted by Gasteiger charge is 2.43. The first-order chi connectivity index (χ1) is 7.15. The van der Waals surface area contributed by atoms with Gasteiger partial charge in [0.25, 0.3) is 0 Å². The fourth-order valence-corrected chi connectivity index (χ4v) is 4.27. The van der Waals surface area contributed by atoms with Gasteiger partial charge in [-0.3, -0.25) is 0 Å². The van der Waals surface area contributed by atoms with Crippen LogP contribution in [0.4, 0.5) is 0 Å². The summed E-state index contributed by atoms with van der Waals surface area (Å²) in [6, 6.07) is 0.495. The van der Waals surface area contributed by atoms with Gasteiger partial charge in [-0.1, -0.05) is 39.5 Å². The molecule has 0 heterocycles. The molecule has 2 fully saturated rings. The molecule has 0 aromatic carbocycles. The van der Waals surface area contributed by atoms with Gasteiger partial charge in [0.05, 0.1) is 0 Å². The van der Waals surface area contributed by atoms with Crippen molar-refractivity contribution in [2.75, 3.05) is 0 Å². The van der Waals surface area contributed by atoms with E-state index in [1.165, 1.54) is 51.4 Å². The van der Waals surface area contributed by atoms with Gasteiger partial charge in [0.2, 0.25) is 0 Å². The zero-order valence-electron chi connectivity index (χ0n) is 10.5. The molecular weight excluding hydrogens is 182 g/mol. The van der Waals surface area contributed by atoms with E-state index in [9.17, 15) is 0 Å². The molecule has 0 radical (unpaired) electrons. The molecule has 0 bridgehead atoms. The summed E-state index contributed by atoms with van der Waals surface area (Å²) >= 11 is 0. The minimum absolute atomic E-state index is 0.495. The van der Waals surface area contributed by atoms with E-state index in [-0.39, 0.29) is 0 Å². The summed E-state index contributed by atoms with van der Waals surface area (Å²) < 4.78 is 0. The first-order valence-corrected chi connectivity index (χ1v) is 6.91. The average molecular weight is 209 g/mol. The molecule has 2 N–H and O–H groups in total. The molecule has 1 nitrogen and oxygen atoms in total. The van der Waals surface area contributed by atoms with Crippen LogP contribution in [0.15, 0.2) is 0 Å². The second-order valence-corrected chi connectivity index (χ2v) is 6.22. The van der Waals surface area contributed by atoms with Gasteiger partial charge >= 0.3 is 0 Å². The first-order valence-electron chi connectivity index (χ1n) is 6.91. The van der Waals surface area contributed by atoms with Crippen molar-refractivity contribution in [3.8, 4) is 0 Å². The summed E-state index contributed by atoms with van der Waals surface area (Å²) in [4.78, 5) is 0. The third-order valence-electron chi connectivity index (χ3n) is 5.14. The normalized spacial score (nSPS) is 47.0. The van der Waals surface area contributed by atoms with Crippen molar-refractivity contribution in [2.45, 2.75) is 71.3 Å². The van der Waals surface area contributed by atoms with Crippen LogP contribution in [-0.2, 0) is 0 Å². The van der Waals surface area contributed by atoms with Crippen LogP contribution in [0.25, 0.3) is 0 Å². The Morgan fingerprint density at radius 2 is 1.93 bits per heavy atom. The summed E-state index contributed by atoms with van der Waals surface area (Å²) in [5.41, 5.74) is 6.69. The van der Waals surface area contributed by atoms with Gasteiger partial charge in [-0.2, -0.15) is 0 Å². The highest BCUT2D eigenvalue weighted by atomic mass is 14.7. The molecule has 15 heavy (non-hydrogen) atoms. The maximum Gasteiger partial charge on any atom is 0.00443 e. The van der Waals surface area contributed by atoms with E-state index >= 15 is 0 Å². The first kappa shape index (κ1) is 11.4. The van der Waals surface area contributed by atoms with E-state index in [1.54, 1.807) is 0 Å². The van der Waals surface area contributed by atoms with Gasteiger partial charge in [-0.05, 0) is 42.9 Å². The summed E-state index contributed by atoms with van der Waals surface area (Å²) in [6.07, 6.45) is 11.2. The Balaban J connectivity index is 2.06. The van der Waals surface area contributed by atoms with Crippen LogP contribution in [0.2, 0.25) is 0 Å². The lowest BCUT2D eigenvalue weighted by Gasteiger charge is -2.42. The maximum absolute atomic E-state index is 6.10. The second-order valence-electron chi connectivity index (χ2n) is 6.22. The van der Waals surface area contributed by atoms with Gasteiger partial charge in [0, 0.05) is 6.04 Å². The maximum atomic E-state index is 6.10. The standard InChI is InChI=1S/C14H27N/c1-3-11-6-4-5-7-13(11)14(2)9-8-12(15)10-14/h11-13H,3-10,15H2,1-2H3. The minimum Gasteiger partial charge on any atom is -0.328 e. The molecule has 0 aliphatic heterocycles. The molecule has 0 saturated heterocycles. The van der Waals surface area contributed by atoms with Crippen LogP contribution in [0, 0.1) is 17.3 Å². The minimum atomic E-state index is 0.495. The fraction of sp³-hybridized carbons (Fsp3) is 1.00. The van der Waals surface area contributed by atoms with Crippen LogP contribution in [-0.4, -0.2) is 6.04 Å². The molecule has 4 atom stereocenters. The van der Waals surface area contributed by atoms with Crippen LogP contribution in [0.3, 0.4) is 0 Å². The van der Waals surface area contributed by atoms with E-state index in [4.69, 9.17) is 5.73 Å². The highest BCUT2D eigenvalue weighted by molar-refractivity contribution is 4.95. The SMILES string of the molecule is CCC1CCCCC1C1(C)CCC(N)C1. The van der Waals surface area contributed by atoms with E-state index in [0.717, 1.165) is 11.8 Å². The van der Waals surface area contributed by atoms with Crippen molar-refractivity contribution in [3.05, 3.63) is 0 Å². The molecule has 2 aliphatic carbocycles. The van der Waals surface area contributed by atoms with Crippen LogP contribution in [0.5, 0.6) is 0 Å². The number of rotatable bonds is 2. The van der Waals surface area contributed by atoms with Gasteiger partial charge < -0.3 is 5.73 Å². The zero-order valence-corrected chi connectivity index (χ0v) is 10.5. The van der Waals surface area contributed by atoms with Crippen molar-refractivity contribution in [1.82, 2.24) is 0 Å². The lowest BCUT2D eigenvalue weighted by atomic mass is 9.63. The summed E-state index contributed by atoms with van der Waals surface area (Å²) in [7, 11) is 0. The Morgan fingerprint density at radius 1 is 1.20 bits per heavy atom. The smallest absolute Gasteiger partial charge is 0.00443 e. The lowest BCUT2D eigenvalue weighted by molar-refractivity contribution is 0.0782. The predicted octanol–water partition coefficient (Wildman–Crippen LogP) is 3.72. The van der Waals surface area contributed by atoms with E-state index < -0.39 is 0 Å². The Bertz CT molecular complexity index is 213. The topological polar surface area (TPSA) is 26.0 Å². The monoisotopic (exact) mass is 209 g/mol. The van der Waals surface area contributed by atoms with Crippen molar-refractivity contribution >= 4 is 0 Å². The van der Waals surface area contributed by atoms with E-state index in [0.29, 0.717) is 11.5 Å². The summed E-state index contributed by atoms with van der Waals surface area (Å²) in [6.45, 7) is 4.89. The molecule has 88 valence electrons. The largest absolute Gasteiger partial charge is 0.328 e. The average Bonchev–Trinajstić information content (AvgIpc) is 2.60. The predicted molar refractivity (Wildman–Crippen MR) is 65.7 cm³/mol. The number of nitrogens with two attached hydrogens (primary N) is 1. The second kappa shape index (κ2) is 4.45. The highest BCUT2D eigenvalue weighted by Crippen LogP contribution is 2.51. The fourth-order valence-electron chi connectivity index (χ4n) is 4.27. The molecule has 2 saturated carbocycles. The Morgan fingerprint density at radius 3 is 2.53 bits per heavy atom. The molecule has 0 amide bonds. The molecule has 0 aromatic rings. The van der Waals surface area contributed by atoms with Gasteiger partial charge in [-0.15, -0.1) is 0 Å². The van der Waals surface area contributed by atoms with Crippen LogP contribution >= 0.6 is 0 Å². The van der Waals surface area contributed by atoms with Crippen molar-refractivity contribution in [1.29, 1.82) is 0 Å². The van der Waals surface area contributed by atoms with E-state index in [1.807, 2.05) is 0 Å². The van der Waals surface area contributed by atoms with Gasteiger partial charge in [-0.25, -0.2) is 0 Å². The summed E-state index contributed by atoms with van der Waals surface area (Å²) in [5.74, 6) is 1.97. The van der Waals surface area contributed by atoms with Crippen molar-refractivity contribution in [3.63, 3.8) is 0 Å². The van der Waals surface area contributed by atoms with Crippen LogP contribution < -0.4 is 5.73 Å². The number of hydrogen-bond donors (Lipinski definition) is 1. The zero-order chi connectivity index (χ0) is 10.9. The van der Waals surface area contributed by atoms with Crippen molar-refractivity contribution < 1.29 is 0 Å². The third-order valence-corrected chi connectivity index (χ3v) is 5.14. The molecule has 1 heteroatoms. The Hall–Kier alpha value is -0.0400. The quantitative estimate of drug-likeness (QED) is 0.737. The molecule has 2 rings (SSSR count). The van der Waals surface area contributed by atoms with Gasteiger partial charge in [0.15, 0.2) is 0 Å². The van der Waals surface area contributed by atoms with E-state index in [2.05, 4.69) is 13.8 Å². The summed E-state index contributed by atoms with van der Waals surface area (Å²) in [5, 5.41) is 0. The number of hydrogen-bond acceptors (Lipinski definition) is 1. The molecule has 2 aliphatic rings. The molecule has 0 aromatic heterocycles. The third kappa shape index (κ3) is 2.22. The van der Waals surface area contributed by atoms with Gasteiger partial charge in [0.1, 0.15) is 0 Å². The molecular formula is C14H27N. The van der Waals surface area contributed by atoms with Crippen LogP contribution in [0.1, 0.15) is 65.2 Å². The molecule has 4 unspecified atom stereocenters. The Labute approximate surface area is 94.8 Å². The Kier molecular flexibility index (Phi) is 3.39. The molecule has 0 spiro atoms. The lowest BCUT2D eigenvalue weighted by Crippen LogP contribution is -2.34. The van der Waals surface area contributed by atoms with Crippen molar-refractivity contribution in [2.24, 2.45) is 23.0 Å².